The van der Waals surface area contributed by atoms with Crippen LogP contribution in [0, 0.1) is 11.6 Å². The van der Waals surface area contributed by atoms with Gasteiger partial charge in [0, 0.05) is 30.6 Å². The van der Waals surface area contributed by atoms with Crippen LogP contribution in [0.5, 0.6) is 0 Å². The summed E-state index contributed by atoms with van der Waals surface area (Å²) in [7, 11) is 0. The molecule has 0 aromatic carbocycles. The molecule has 0 saturated heterocycles. The molecule has 11 heteroatoms. The van der Waals surface area contributed by atoms with Gasteiger partial charge in [-0.3, -0.25) is 4.79 Å². The Morgan fingerprint density at radius 2 is 1.96 bits per heavy atom. The van der Waals surface area contributed by atoms with Gasteiger partial charge in [0.25, 0.3) is 5.91 Å². The normalized spacial score (nSPS) is 19.6. The molecule has 1 aliphatic heterocycles. The Kier molecular flexibility index (Phi) is 4.45. The third kappa shape index (κ3) is 3.15. The zero-order chi connectivity index (χ0) is 20.1. The molecule has 0 saturated carbocycles. The highest BCUT2D eigenvalue weighted by molar-refractivity contribution is 5.85. The zero-order valence-corrected chi connectivity index (χ0v) is 14.3. The monoisotopic (exact) mass is 390 g/mol. The van der Waals surface area contributed by atoms with Crippen molar-refractivity contribution in [2.75, 3.05) is 6.54 Å². The molecule has 3 rings (SSSR count). The minimum atomic E-state index is -5.13. The van der Waals surface area contributed by atoms with Gasteiger partial charge in [0.15, 0.2) is 11.6 Å². The van der Waals surface area contributed by atoms with Gasteiger partial charge in [-0.15, -0.1) is 0 Å². The molecule has 2 unspecified atom stereocenters. The first-order chi connectivity index (χ1) is 12.4. The summed E-state index contributed by atoms with van der Waals surface area (Å²) in [4.78, 5) is 16.8. The Balaban J connectivity index is 1.95. The van der Waals surface area contributed by atoms with Crippen molar-refractivity contribution in [3.05, 3.63) is 41.4 Å². The average molecular weight is 390 g/mol. The van der Waals surface area contributed by atoms with E-state index in [1.54, 1.807) is 6.92 Å². The summed E-state index contributed by atoms with van der Waals surface area (Å²) >= 11 is 0. The summed E-state index contributed by atoms with van der Waals surface area (Å²) in [5.41, 5.74) is -2.69. The molecule has 3 heterocycles. The fourth-order valence-corrected chi connectivity index (χ4v) is 3.04. The van der Waals surface area contributed by atoms with Gasteiger partial charge in [0.1, 0.15) is 5.82 Å². The van der Waals surface area contributed by atoms with Crippen LogP contribution in [0.3, 0.4) is 0 Å². The van der Waals surface area contributed by atoms with E-state index in [-0.39, 0.29) is 18.9 Å². The SMILES string of the molecule is CC1CN(C(=O)C(C)(O)C(F)(F)F)Cc2cnn(-c3ncc(F)cc3F)c21. The Labute approximate surface area is 150 Å². The van der Waals surface area contributed by atoms with E-state index in [1.807, 2.05) is 0 Å². The molecular weight excluding hydrogens is 375 g/mol. The molecule has 27 heavy (non-hydrogen) atoms. The highest BCUT2D eigenvalue weighted by atomic mass is 19.4. The number of hydrogen-bond acceptors (Lipinski definition) is 4. The molecule has 2 atom stereocenters. The lowest BCUT2D eigenvalue weighted by molar-refractivity contribution is -0.250. The second-order valence-corrected chi connectivity index (χ2v) is 6.58. The average Bonchev–Trinajstić information content (AvgIpc) is 2.97. The van der Waals surface area contributed by atoms with Crippen molar-refractivity contribution in [2.45, 2.75) is 38.1 Å². The van der Waals surface area contributed by atoms with Crippen LogP contribution in [0.2, 0.25) is 0 Å². The van der Waals surface area contributed by atoms with E-state index in [9.17, 15) is 31.9 Å². The molecule has 1 amide bonds. The van der Waals surface area contributed by atoms with Crippen LogP contribution < -0.4 is 0 Å². The molecule has 1 N–H and O–H groups in total. The fourth-order valence-electron chi connectivity index (χ4n) is 3.04. The quantitative estimate of drug-likeness (QED) is 0.799. The molecule has 0 aliphatic carbocycles. The minimum Gasteiger partial charge on any atom is -0.373 e. The van der Waals surface area contributed by atoms with Gasteiger partial charge in [-0.05, 0) is 6.92 Å². The highest BCUT2D eigenvalue weighted by Gasteiger charge is 2.57. The van der Waals surface area contributed by atoms with Crippen LogP contribution in [0.15, 0.2) is 18.5 Å². The Morgan fingerprint density at radius 1 is 1.30 bits per heavy atom. The van der Waals surface area contributed by atoms with E-state index < -0.39 is 35.2 Å². The van der Waals surface area contributed by atoms with E-state index >= 15 is 0 Å². The summed E-state index contributed by atoms with van der Waals surface area (Å²) in [5.74, 6) is -4.09. The van der Waals surface area contributed by atoms with Gasteiger partial charge in [0.2, 0.25) is 5.60 Å². The number of amides is 1. The maximum Gasteiger partial charge on any atom is 0.426 e. The van der Waals surface area contributed by atoms with Crippen LogP contribution in [-0.2, 0) is 11.3 Å². The van der Waals surface area contributed by atoms with Gasteiger partial charge < -0.3 is 10.0 Å². The van der Waals surface area contributed by atoms with Crippen molar-refractivity contribution < 1.29 is 31.9 Å². The first-order valence-electron chi connectivity index (χ1n) is 7.90. The third-order valence-electron chi connectivity index (χ3n) is 4.45. The predicted octanol–water partition coefficient (Wildman–Crippen LogP) is 2.30. The summed E-state index contributed by atoms with van der Waals surface area (Å²) in [5, 5.41) is 13.6. The minimum absolute atomic E-state index is 0.146. The number of fused-ring (bicyclic) bond motifs is 1. The number of rotatable bonds is 2. The zero-order valence-electron chi connectivity index (χ0n) is 14.3. The van der Waals surface area contributed by atoms with Crippen molar-refractivity contribution in [3.63, 3.8) is 0 Å². The van der Waals surface area contributed by atoms with Crippen molar-refractivity contribution >= 4 is 5.91 Å². The summed E-state index contributed by atoms with van der Waals surface area (Å²) in [6, 6.07) is 0.639. The van der Waals surface area contributed by atoms with Crippen molar-refractivity contribution in [3.8, 4) is 5.82 Å². The van der Waals surface area contributed by atoms with E-state index in [0.717, 1.165) is 15.8 Å². The molecule has 0 bridgehead atoms. The summed E-state index contributed by atoms with van der Waals surface area (Å²) < 4.78 is 67.0. The molecule has 0 radical (unpaired) electrons. The largest absolute Gasteiger partial charge is 0.426 e. The van der Waals surface area contributed by atoms with Gasteiger partial charge in [0.05, 0.1) is 18.1 Å². The number of halogens is 5. The number of pyridine rings is 1. The Hall–Kier alpha value is -2.56. The number of nitrogens with zero attached hydrogens (tertiary/aromatic N) is 4. The van der Waals surface area contributed by atoms with E-state index in [1.165, 1.54) is 6.20 Å². The predicted molar refractivity (Wildman–Crippen MR) is 81.8 cm³/mol. The maximum atomic E-state index is 14.0. The standard InChI is InChI=1S/C16H15F5N4O2/c1-8-6-24(14(26)15(2,27)16(19,20)21)7-9-4-23-25(12(8)9)13-11(18)3-10(17)5-22-13/h3-5,8,27H,6-7H2,1-2H3. The third-order valence-corrected chi connectivity index (χ3v) is 4.45. The van der Waals surface area contributed by atoms with E-state index in [2.05, 4.69) is 10.1 Å². The molecule has 6 nitrogen and oxygen atoms in total. The second-order valence-electron chi connectivity index (χ2n) is 6.58. The number of carbonyl (C=O) groups is 1. The maximum absolute atomic E-state index is 14.0. The number of aliphatic hydroxyl groups is 1. The van der Waals surface area contributed by atoms with Crippen molar-refractivity contribution in [2.24, 2.45) is 0 Å². The molecular formula is C16H15F5N4O2. The van der Waals surface area contributed by atoms with Gasteiger partial charge in [-0.25, -0.2) is 18.4 Å². The summed E-state index contributed by atoms with van der Waals surface area (Å²) in [6.45, 7) is 1.62. The van der Waals surface area contributed by atoms with Crippen molar-refractivity contribution in [1.29, 1.82) is 0 Å². The van der Waals surface area contributed by atoms with Crippen LogP contribution in [0.1, 0.15) is 31.0 Å². The smallest absolute Gasteiger partial charge is 0.373 e. The van der Waals surface area contributed by atoms with Crippen LogP contribution in [0.25, 0.3) is 5.82 Å². The lowest BCUT2D eigenvalue weighted by atomic mass is 9.95. The number of alkyl halides is 3. The van der Waals surface area contributed by atoms with Crippen LogP contribution >= 0.6 is 0 Å². The topological polar surface area (TPSA) is 71.2 Å². The van der Waals surface area contributed by atoms with Gasteiger partial charge in [-0.2, -0.15) is 18.3 Å². The molecule has 1 aliphatic rings. The number of carbonyl (C=O) groups excluding carboxylic acids is 1. The second kappa shape index (κ2) is 6.25. The first kappa shape index (κ1) is 19.2. The van der Waals surface area contributed by atoms with E-state index in [0.29, 0.717) is 24.2 Å². The lowest BCUT2D eigenvalue weighted by Gasteiger charge is -2.36. The molecule has 0 spiro atoms. The van der Waals surface area contributed by atoms with Crippen LogP contribution in [0.4, 0.5) is 22.0 Å². The first-order valence-corrected chi connectivity index (χ1v) is 7.90. The molecule has 146 valence electrons. The summed E-state index contributed by atoms with van der Waals surface area (Å²) in [6.07, 6.45) is -3.03. The van der Waals surface area contributed by atoms with Gasteiger partial charge >= 0.3 is 6.18 Å². The van der Waals surface area contributed by atoms with Gasteiger partial charge in [-0.1, -0.05) is 6.92 Å². The fraction of sp³-hybridized carbons (Fsp3) is 0.438. The van der Waals surface area contributed by atoms with Crippen LogP contribution in [-0.4, -0.2) is 49.0 Å². The highest BCUT2D eigenvalue weighted by Crippen LogP contribution is 2.35. The van der Waals surface area contributed by atoms with Crippen molar-refractivity contribution in [1.82, 2.24) is 19.7 Å². The molecule has 2 aromatic rings. The Bertz CT molecular complexity index is 893. The van der Waals surface area contributed by atoms with E-state index in [4.69, 9.17) is 0 Å². The number of aromatic nitrogens is 3. The molecule has 0 fully saturated rings. The Morgan fingerprint density at radius 3 is 2.56 bits per heavy atom. The number of hydrogen-bond donors (Lipinski definition) is 1. The lowest BCUT2D eigenvalue weighted by Crippen LogP contribution is -2.57. The molecule has 2 aromatic heterocycles.